The first-order chi connectivity index (χ1) is 14.2. The van der Waals surface area contributed by atoms with Crippen LogP contribution in [0.3, 0.4) is 0 Å². The Morgan fingerprint density at radius 2 is 1.70 bits per heavy atom. The van der Waals surface area contributed by atoms with E-state index in [4.69, 9.17) is 0 Å². The van der Waals surface area contributed by atoms with E-state index in [2.05, 4.69) is 12.2 Å². The first-order valence-corrected chi connectivity index (χ1v) is 9.75. The SMILES string of the molecule is CCc1ccc([C@@H](NC(=O)CN2C(=O)c3ccc([N+](=O)[O-])cc3C2=O)C(C)C)cc1. The number of nitrogens with zero attached hydrogens (tertiary/aromatic N) is 2. The van der Waals surface area contributed by atoms with Gasteiger partial charge in [0.1, 0.15) is 6.54 Å². The van der Waals surface area contributed by atoms with Gasteiger partial charge in [0.15, 0.2) is 0 Å². The van der Waals surface area contributed by atoms with E-state index in [9.17, 15) is 24.5 Å². The molecule has 156 valence electrons. The van der Waals surface area contributed by atoms with Crippen LogP contribution in [0.2, 0.25) is 0 Å². The lowest BCUT2D eigenvalue weighted by molar-refractivity contribution is -0.384. The molecule has 3 amide bonds. The molecule has 1 aliphatic heterocycles. The molecule has 1 aliphatic rings. The van der Waals surface area contributed by atoms with Gasteiger partial charge >= 0.3 is 0 Å². The van der Waals surface area contributed by atoms with Crippen LogP contribution in [0.25, 0.3) is 0 Å². The fourth-order valence-electron chi connectivity index (χ4n) is 3.49. The number of nitro benzene ring substituents is 1. The molecule has 1 atom stereocenters. The van der Waals surface area contributed by atoms with Gasteiger partial charge in [0.25, 0.3) is 17.5 Å². The number of fused-ring (bicyclic) bond motifs is 1. The standard InChI is InChI=1S/C22H23N3O5/c1-4-14-5-7-15(8-6-14)20(13(2)3)23-19(26)12-24-21(27)17-10-9-16(25(29)30)11-18(17)22(24)28/h5-11,13,20H,4,12H2,1-3H3,(H,23,26)/t20-/m0/s1. The van der Waals surface area contributed by atoms with Gasteiger partial charge in [-0.2, -0.15) is 0 Å². The molecule has 0 fully saturated rings. The van der Waals surface area contributed by atoms with Crippen LogP contribution in [-0.4, -0.2) is 34.1 Å². The lowest BCUT2D eigenvalue weighted by Gasteiger charge is -2.24. The number of carbonyl (C=O) groups is 3. The fourth-order valence-corrected chi connectivity index (χ4v) is 3.49. The zero-order chi connectivity index (χ0) is 22.0. The van der Waals surface area contributed by atoms with Gasteiger partial charge in [0.2, 0.25) is 5.91 Å². The van der Waals surface area contributed by atoms with Crippen molar-refractivity contribution in [3.63, 3.8) is 0 Å². The molecular weight excluding hydrogens is 386 g/mol. The molecule has 0 aromatic heterocycles. The van der Waals surface area contributed by atoms with E-state index < -0.39 is 29.2 Å². The molecule has 0 aliphatic carbocycles. The quantitative estimate of drug-likeness (QED) is 0.429. The molecule has 8 heteroatoms. The van der Waals surface area contributed by atoms with Gasteiger partial charge in [-0.25, -0.2) is 0 Å². The van der Waals surface area contributed by atoms with Crippen LogP contribution in [0.1, 0.15) is 58.7 Å². The minimum absolute atomic E-state index is 0.0578. The molecule has 0 saturated heterocycles. The van der Waals surface area contributed by atoms with Crippen LogP contribution in [0, 0.1) is 16.0 Å². The Bertz CT molecular complexity index is 1010. The molecule has 8 nitrogen and oxygen atoms in total. The van der Waals surface area contributed by atoms with E-state index in [-0.39, 0.29) is 28.8 Å². The number of nitrogens with one attached hydrogen (secondary N) is 1. The molecule has 1 N–H and O–H groups in total. The Hall–Kier alpha value is -3.55. The lowest BCUT2D eigenvalue weighted by atomic mass is 9.95. The number of benzene rings is 2. The number of hydrogen-bond acceptors (Lipinski definition) is 5. The number of rotatable bonds is 7. The highest BCUT2D eigenvalue weighted by atomic mass is 16.6. The Kier molecular flexibility index (Phi) is 5.96. The number of carbonyl (C=O) groups excluding carboxylic acids is 3. The first-order valence-electron chi connectivity index (χ1n) is 9.75. The molecule has 0 saturated carbocycles. The van der Waals surface area contributed by atoms with Crippen molar-refractivity contribution in [2.75, 3.05) is 6.54 Å². The normalized spacial score (nSPS) is 14.1. The number of hydrogen-bond donors (Lipinski definition) is 1. The summed E-state index contributed by atoms with van der Waals surface area (Å²) in [5.41, 5.74) is 1.85. The van der Waals surface area contributed by atoms with Crippen molar-refractivity contribution in [1.29, 1.82) is 0 Å². The van der Waals surface area contributed by atoms with Crippen LogP contribution < -0.4 is 5.32 Å². The average molecular weight is 409 g/mol. The molecule has 0 spiro atoms. The van der Waals surface area contributed by atoms with E-state index in [1.54, 1.807) is 0 Å². The highest BCUT2D eigenvalue weighted by molar-refractivity contribution is 6.22. The molecule has 3 rings (SSSR count). The van der Waals surface area contributed by atoms with Crippen molar-refractivity contribution >= 4 is 23.4 Å². The maximum absolute atomic E-state index is 12.7. The third-order valence-electron chi connectivity index (χ3n) is 5.20. The minimum Gasteiger partial charge on any atom is -0.347 e. The van der Waals surface area contributed by atoms with Crippen molar-refractivity contribution in [2.24, 2.45) is 5.92 Å². The molecule has 1 heterocycles. The molecule has 0 unspecified atom stereocenters. The van der Waals surface area contributed by atoms with E-state index in [1.807, 2.05) is 38.1 Å². The van der Waals surface area contributed by atoms with Gasteiger partial charge in [-0.1, -0.05) is 45.0 Å². The Labute approximate surface area is 174 Å². The van der Waals surface area contributed by atoms with Crippen LogP contribution in [0.5, 0.6) is 0 Å². The molecule has 0 bridgehead atoms. The highest BCUT2D eigenvalue weighted by Crippen LogP contribution is 2.27. The summed E-state index contributed by atoms with van der Waals surface area (Å²) in [6.45, 7) is 5.56. The zero-order valence-electron chi connectivity index (χ0n) is 17.0. The van der Waals surface area contributed by atoms with Gasteiger partial charge in [-0.15, -0.1) is 0 Å². The van der Waals surface area contributed by atoms with Crippen molar-refractivity contribution in [2.45, 2.75) is 33.2 Å². The van der Waals surface area contributed by atoms with Crippen molar-refractivity contribution in [1.82, 2.24) is 10.2 Å². The van der Waals surface area contributed by atoms with E-state index in [0.29, 0.717) is 0 Å². The maximum Gasteiger partial charge on any atom is 0.270 e. The van der Waals surface area contributed by atoms with Crippen molar-refractivity contribution in [3.8, 4) is 0 Å². The Morgan fingerprint density at radius 1 is 1.07 bits per heavy atom. The summed E-state index contributed by atoms with van der Waals surface area (Å²) in [4.78, 5) is 48.9. The second-order valence-corrected chi connectivity index (χ2v) is 7.57. The second kappa shape index (κ2) is 8.44. The van der Waals surface area contributed by atoms with Gasteiger partial charge in [0.05, 0.1) is 22.1 Å². The predicted molar refractivity (Wildman–Crippen MR) is 110 cm³/mol. The van der Waals surface area contributed by atoms with Crippen LogP contribution in [0.4, 0.5) is 5.69 Å². The van der Waals surface area contributed by atoms with Crippen molar-refractivity contribution < 1.29 is 19.3 Å². The second-order valence-electron chi connectivity index (χ2n) is 7.57. The summed E-state index contributed by atoms with van der Waals surface area (Å²) in [5.74, 6) is -1.72. The number of imide groups is 1. The lowest BCUT2D eigenvalue weighted by Crippen LogP contribution is -2.42. The average Bonchev–Trinajstić information content (AvgIpc) is 2.96. The van der Waals surface area contributed by atoms with E-state index >= 15 is 0 Å². The summed E-state index contributed by atoms with van der Waals surface area (Å²) in [6.07, 6.45) is 0.914. The summed E-state index contributed by atoms with van der Waals surface area (Å²) in [6, 6.07) is 11.2. The number of nitro groups is 1. The topological polar surface area (TPSA) is 110 Å². The van der Waals surface area contributed by atoms with Crippen LogP contribution in [0.15, 0.2) is 42.5 Å². The number of aryl methyl sites for hydroxylation is 1. The monoisotopic (exact) mass is 409 g/mol. The van der Waals surface area contributed by atoms with Crippen LogP contribution >= 0.6 is 0 Å². The first kappa shape index (κ1) is 21.2. The minimum atomic E-state index is -0.706. The molecule has 2 aromatic rings. The number of non-ortho nitro benzene ring substituents is 1. The van der Waals surface area contributed by atoms with Crippen LogP contribution in [-0.2, 0) is 11.2 Å². The van der Waals surface area contributed by atoms with E-state index in [0.717, 1.165) is 23.0 Å². The van der Waals surface area contributed by atoms with Crippen molar-refractivity contribution in [3.05, 3.63) is 74.8 Å². The molecule has 0 radical (unpaired) electrons. The molecular formula is C22H23N3O5. The van der Waals surface area contributed by atoms with Gasteiger partial charge in [-0.05, 0) is 29.5 Å². The number of amides is 3. The molecule has 2 aromatic carbocycles. The highest BCUT2D eigenvalue weighted by Gasteiger charge is 2.38. The van der Waals surface area contributed by atoms with Gasteiger partial charge in [0, 0.05) is 12.1 Å². The smallest absolute Gasteiger partial charge is 0.270 e. The predicted octanol–water partition coefficient (Wildman–Crippen LogP) is 3.27. The Morgan fingerprint density at radius 3 is 2.27 bits per heavy atom. The zero-order valence-corrected chi connectivity index (χ0v) is 17.0. The molecule has 30 heavy (non-hydrogen) atoms. The van der Waals surface area contributed by atoms with Gasteiger partial charge in [-0.3, -0.25) is 29.4 Å². The third-order valence-corrected chi connectivity index (χ3v) is 5.20. The summed E-state index contributed by atoms with van der Waals surface area (Å²) in [5, 5.41) is 13.8. The maximum atomic E-state index is 12.7. The largest absolute Gasteiger partial charge is 0.347 e. The summed E-state index contributed by atoms with van der Waals surface area (Å²) in [7, 11) is 0. The fraction of sp³-hybridized carbons (Fsp3) is 0.318. The summed E-state index contributed by atoms with van der Waals surface area (Å²) >= 11 is 0. The van der Waals surface area contributed by atoms with Gasteiger partial charge < -0.3 is 5.32 Å². The summed E-state index contributed by atoms with van der Waals surface area (Å²) < 4.78 is 0. The van der Waals surface area contributed by atoms with E-state index in [1.165, 1.54) is 17.7 Å². The Balaban J connectivity index is 1.75. The third kappa shape index (κ3) is 4.07.